The zero-order chi connectivity index (χ0) is 16.6. The van der Waals surface area contributed by atoms with E-state index in [0.29, 0.717) is 31.8 Å². The van der Waals surface area contributed by atoms with Crippen LogP contribution in [0.5, 0.6) is 0 Å². The number of carbonyl (C=O) groups is 1. The predicted octanol–water partition coefficient (Wildman–Crippen LogP) is 0.783. The van der Waals surface area contributed by atoms with Crippen LogP contribution in [0.1, 0.15) is 36.7 Å². The number of carbonyl (C=O) groups excluding carboxylic acids is 1. The fourth-order valence-corrected chi connectivity index (χ4v) is 2.52. The molecule has 1 unspecified atom stereocenters. The second kappa shape index (κ2) is 8.64. The molecule has 0 aliphatic rings. The lowest BCUT2D eigenvalue weighted by Crippen LogP contribution is -2.20. The number of nitrogens with zero attached hydrogens (tertiary/aromatic N) is 2. The van der Waals surface area contributed by atoms with E-state index in [-0.39, 0.29) is 17.7 Å². The lowest BCUT2D eigenvalue weighted by molar-refractivity contribution is 0.0958. The predicted molar refractivity (Wildman–Crippen MR) is 83.2 cm³/mol. The molecule has 0 aromatic carbocycles. The molecule has 0 fully saturated rings. The number of amides is 1. The van der Waals surface area contributed by atoms with Crippen molar-refractivity contribution in [3.05, 3.63) is 18.0 Å². The minimum Gasteiger partial charge on any atom is -0.354 e. The molecule has 0 bridgehead atoms. The van der Waals surface area contributed by atoms with Crippen LogP contribution in [-0.2, 0) is 14.3 Å². The SMILES string of the molecule is CCC(CCCNc1nccc(C(=O)NC)n1)OS(C)(=O)=O. The van der Waals surface area contributed by atoms with Crippen molar-refractivity contribution >= 4 is 22.0 Å². The second-order valence-electron chi connectivity index (χ2n) is 4.74. The third-order valence-corrected chi connectivity index (χ3v) is 3.49. The molecule has 9 heteroatoms. The first kappa shape index (κ1) is 18.3. The summed E-state index contributed by atoms with van der Waals surface area (Å²) in [6.07, 6.45) is 4.14. The van der Waals surface area contributed by atoms with Gasteiger partial charge in [-0.15, -0.1) is 0 Å². The molecule has 1 aromatic heterocycles. The highest BCUT2D eigenvalue weighted by molar-refractivity contribution is 7.86. The highest BCUT2D eigenvalue weighted by atomic mass is 32.2. The van der Waals surface area contributed by atoms with Crippen LogP contribution < -0.4 is 10.6 Å². The first-order valence-electron chi connectivity index (χ1n) is 7.03. The van der Waals surface area contributed by atoms with E-state index in [9.17, 15) is 13.2 Å². The van der Waals surface area contributed by atoms with Gasteiger partial charge in [0.2, 0.25) is 5.95 Å². The van der Waals surface area contributed by atoms with Gasteiger partial charge in [-0.25, -0.2) is 9.97 Å². The molecule has 1 atom stereocenters. The zero-order valence-corrected chi connectivity index (χ0v) is 13.8. The van der Waals surface area contributed by atoms with Gasteiger partial charge in [-0.05, 0) is 25.3 Å². The molecular formula is C13H22N4O4S. The first-order chi connectivity index (χ1) is 10.4. The lowest BCUT2D eigenvalue weighted by atomic mass is 10.1. The molecule has 0 saturated carbocycles. The smallest absolute Gasteiger partial charge is 0.269 e. The summed E-state index contributed by atoms with van der Waals surface area (Å²) in [5.41, 5.74) is 0.284. The quantitative estimate of drug-likeness (QED) is 0.508. The van der Waals surface area contributed by atoms with E-state index in [1.54, 1.807) is 0 Å². The highest BCUT2D eigenvalue weighted by Gasteiger charge is 2.13. The Morgan fingerprint density at radius 1 is 1.45 bits per heavy atom. The van der Waals surface area contributed by atoms with Crippen molar-refractivity contribution in [2.24, 2.45) is 0 Å². The summed E-state index contributed by atoms with van der Waals surface area (Å²) in [6, 6.07) is 1.52. The van der Waals surface area contributed by atoms with E-state index in [2.05, 4.69) is 20.6 Å². The van der Waals surface area contributed by atoms with Crippen molar-refractivity contribution in [3.63, 3.8) is 0 Å². The molecule has 1 amide bonds. The summed E-state index contributed by atoms with van der Waals surface area (Å²) < 4.78 is 27.1. The van der Waals surface area contributed by atoms with Crippen LogP contribution in [0, 0.1) is 0 Å². The Kier molecular flexibility index (Phi) is 7.19. The molecule has 0 aliphatic carbocycles. The topological polar surface area (TPSA) is 110 Å². The van der Waals surface area contributed by atoms with E-state index < -0.39 is 10.1 Å². The molecule has 0 radical (unpaired) electrons. The third-order valence-electron chi connectivity index (χ3n) is 2.87. The minimum atomic E-state index is -3.43. The molecule has 1 rings (SSSR count). The summed E-state index contributed by atoms with van der Waals surface area (Å²) in [5.74, 6) is 0.0798. The van der Waals surface area contributed by atoms with E-state index in [4.69, 9.17) is 4.18 Å². The third kappa shape index (κ3) is 6.81. The number of rotatable bonds is 9. The van der Waals surface area contributed by atoms with Gasteiger partial charge in [0.05, 0.1) is 12.4 Å². The monoisotopic (exact) mass is 330 g/mol. The van der Waals surface area contributed by atoms with Crippen molar-refractivity contribution < 1.29 is 17.4 Å². The average Bonchev–Trinajstić information content (AvgIpc) is 2.48. The molecular weight excluding hydrogens is 308 g/mol. The maximum Gasteiger partial charge on any atom is 0.269 e. The van der Waals surface area contributed by atoms with Crippen molar-refractivity contribution in [1.82, 2.24) is 15.3 Å². The van der Waals surface area contributed by atoms with E-state index in [1.165, 1.54) is 19.3 Å². The van der Waals surface area contributed by atoms with Gasteiger partial charge in [-0.1, -0.05) is 6.92 Å². The zero-order valence-electron chi connectivity index (χ0n) is 13.0. The van der Waals surface area contributed by atoms with Crippen molar-refractivity contribution in [2.75, 3.05) is 25.2 Å². The Bertz CT molecular complexity index is 591. The first-order valence-corrected chi connectivity index (χ1v) is 8.84. The molecule has 0 spiro atoms. The minimum absolute atomic E-state index is 0.280. The van der Waals surface area contributed by atoms with Crippen LogP contribution in [-0.4, -0.2) is 50.2 Å². The number of hydrogen-bond acceptors (Lipinski definition) is 7. The Morgan fingerprint density at radius 2 is 2.18 bits per heavy atom. The number of anilines is 1. The fourth-order valence-electron chi connectivity index (χ4n) is 1.80. The van der Waals surface area contributed by atoms with Gasteiger partial charge in [0.15, 0.2) is 0 Å². The summed E-state index contributed by atoms with van der Waals surface area (Å²) >= 11 is 0. The number of hydrogen-bond donors (Lipinski definition) is 2. The average molecular weight is 330 g/mol. The summed E-state index contributed by atoms with van der Waals surface area (Å²) in [6.45, 7) is 2.43. The van der Waals surface area contributed by atoms with Crippen LogP contribution in [0.2, 0.25) is 0 Å². The van der Waals surface area contributed by atoms with Gasteiger partial charge >= 0.3 is 0 Å². The summed E-state index contributed by atoms with van der Waals surface area (Å²) in [5, 5.41) is 5.49. The Hall–Kier alpha value is -1.74. The molecule has 1 heterocycles. The van der Waals surface area contributed by atoms with E-state index in [1.807, 2.05) is 6.92 Å². The molecule has 0 saturated heterocycles. The van der Waals surface area contributed by atoms with Crippen LogP contribution in [0.3, 0.4) is 0 Å². The lowest BCUT2D eigenvalue weighted by Gasteiger charge is -2.14. The molecule has 2 N–H and O–H groups in total. The van der Waals surface area contributed by atoms with Gasteiger partial charge in [-0.2, -0.15) is 8.42 Å². The normalized spacial score (nSPS) is 12.7. The Balaban J connectivity index is 2.42. The maximum atomic E-state index is 11.5. The molecule has 0 aliphatic heterocycles. The molecule has 1 aromatic rings. The van der Waals surface area contributed by atoms with Crippen molar-refractivity contribution in [3.8, 4) is 0 Å². The second-order valence-corrected chi connectivity index (χ2v) is 6.34. The van der Waals surface area contributed by atoms with Gasteiger partial charge in [-0.3, -0.25) is 8.98 Å². The van der Waals surface area contributed by atoms with Gasteiger partial charge in [0, 0.05) is 19.8 Å². The fraction of sp³-hybridized carbons (Fsp3) is 0.615. The maximum absolute atomic E-state index is 11.5. The van der Waals surface area contributed by atoms with Crippen LogP contribution in [0.15, 0.2) is 12.3 Å². The molecule has 22 heavy (non-hydrogen) atoms. The van der Waals surface area contributed by atoms with Crippen molar-refractivity contribution in [2.45, 2.75) is 32.3 Å². The largest absolute Gasteiger partial charge is 0.354 e. The molecule has 8 nitrogen and oxygen atoms in total. The van der Waals surface area contributed by atoms with E-state index >= 15 is 0 Å². The highest BCUT2D eigenvalue weighted by Crippen LogP contribution is 2.10. The van der Waals surface area contributed by atoms with Gasteiger partial charge < -0.3 is 10.6 Å². The van der Waals surface area contributed by atoms with Gasteiger partial charge in [0.1, 0.15) is 5.69 Å². The van der Waals surface area contributed by atoms with Crippen LogP contribution >= 0.6 is 0 Å². The molecule has 124 valence electrons. The summed E-state index contributed by atoms with van der Waals surface area (Å²) in [4.78, 5) is 19.6. The Morgan fingerprint density at radius 3 is 2.77 bits per heavy atom. The number of nitrogens with one attached hydrogen (secondary N) is 2. The van der Waals surface area contributed by atoms with Crippen LogP contribution in [0.4, 0.5) is 5.95 Å². The number of aromatic nitrogens is 2. The van der Waals surface area contributed by atoms with Crippen molar-refractivity contribution in [1.29, 1.82) is 0 Å². The van der Waals surface area contributed by atoms with E-state index in [0.717, 1.165) is 6.26 Å². The standard InChI is InChI=1S/C13H22N4O4S/c1-4-10(21-22(3,19)20)6-5-8-15-13-16-9-7-11(17-13)12(18)14-2/h7,9-10H,4-6,8H2,1-3H3,(H,14,18)(H,15,16,17). The van der Waals surface area contributed by atoms with Crippen LogP contribution in [0.25, 0.3) is 0 Å². The summed E-state index contributed by atoms with van der Waals surface area (Å²) in [7, 11) is -1.90. The Labute approximate surface area is 130 Å². The van der Waals surface area contributed by atoms with Gasteiger partial charge in [0.25, 0.3) is 16.0 Å².